The van der Waals surface area contributed by atoms with Crippen molar-refractivity contribution in [2.45, 2.75) is 6.92 Å². The Balaban J connectivity index is 1.54. The van der Waals surface area contributed by atoms with Crippen molar-refractivity contribution in [3.63, 3.8) is 0 Å². The summed E-state index contributed by atoms with van der Waals surface area (Å²) < 4.78 is 1.11. The van der Waals surface area contributed by atoms with Gasteiger partial charge in [-0.05, 0) is 53.8 Å². The van der Waals surface area contributed by atoms with Crippen molar-refractivity contribution in [3.05, 3.63) is 68.9 Å². The lowest BCUT2D eigenvalue weighted by Crippen LogP contribution is -2.12. The molecule has 0 bridgehead atoms. The molecule has 0 fully saturated rings. The van der Waals surface area contributed by atoms with Crippen molar-refractivity contribution >= 4 is 50.6 Å². The zero-order valence-corrected chi connectivity index (χ0v) is 16.0. The average molecular weight is 414 g/mol. The summed E-state index contributed by atoms with van der Waals surface area (Å²) in [6, 6.07) is 13.2. The Labute approximate surface area is 167 Å². The largest absolute Gasteiger partial charge is 0.362 e. The van der Waals surface area contributed by atoms with Crippen LogP contribution in [0.1, 0.15) is 16.1 Å². The lowest BCUT2D eigenvalue weighted by molar-refractivity contribution is -0.389. The van der Waals surface area contributed by atoms with Gasteiger partial charge < -0.3 is 15.4 Å². The molecule has 0 radical (unpaired) electrons. The first-order valence-electron chi connectivity index (χ1n) is 8.09. The number of amides is 1. The molecule has 10 heteroatoms. The van der Waals surface area contributed by atoms with E-state index in [1.807, 2.05) is 31.2 Å². The molecule has 0 saturated carbocycles. The number of aromatic amines is 1. The second kappa shape index (κ2) is 7.02. The summed E-state index contributed by atoms with van der Waals surface area (Å²) in [5.74, 6) is -1.16. The molecule has 0 saturated heterocycles. The lowest BCUT2D eigenvalue weighted by Gasteiger charge is -2.04. The second-order valence-electron chi connectivity index (χ2n) is 6.01. The van der Waals surface area contributed by atoms with Crippen molar-refractivity contribution in [2.75, 3.05) is 5.32 Å². The number of aryl methyl sites for hydroxylation is 1. The minimum atomic E-state index is -0.736. The summed E-state index contributed by atoms with van der Waals surface area (Å²) in [5, 5.41) is 19.7. The summed E-state index contributed by atoms with van der Waals surface area (Å²) in [4.78, 5) is 26.9. The van der Waals surface area contributed by atoms with Gasteiger partial charge in [-0.1, -0.05) is 22.8 Å². The van der Waals surface area contributed by atoms with Crippen LogP contribution in [0.4, 0.5) is 11.5 Å². The van der Waals surface area contributed by atoms with Crippen LogP contribution in [-0.2, 0) is 0 Å². The van der Waals surface area contributed by atoms with Gasteiger partial charge in [0, 0.05) is 11.3 Å². The minimum Gasteiger partial charge on any atom is -0.358 e. The number of nitrogens with one attached hydrogen (secondary N) is 2. The predicted octanol–water partition coefficient (Wildman–Crippen LogP) is 4.81. The number of fused-ring (bicyclic) bond motifs is 1. The van der Waals surface area contributed by atoms with Crippen molar-refractivity contribution in [1.82, 2.24) is 15.2 Å². The molecule has 0 aliphatic heterocycles. The number of nitro groups is 1. The van der Waals surface area contributed by atoms with Crippen LogP contribution >= 0.6 is 22.9 Å². The molecule has 0 unspecified atom stereocenters. The number of hydrogen-bond donors (Lipinski definition) is 2. The highest BCUT2D eigenvalue weighted by molar-refractivity contribution is 7.21. The van der Waals surface area contributed by atoms with Gasteiger partial charge in [-0.2, -0.15) is 0 Å². The van der Waals surface area contributed by atoms with Crippen LogP contribution in [0.3, 0.4) is 0 Å². The molecule has 0 aliphatic carbocycles. The van der Waals surface area contributed by atoms with Crippen molar-refractivity contribution in [1.29, 1.82) is 0 Å². The molecule has 4 rings (SSSR count). The molecule has 2 aromatic carbocycles. The van der Waals surface area contributed by atoms with Crippen molar-refractivity contribution < 1.29 is 9.72 Å². The number of anilines is 1. The van der Waals surface area contributed by atoms with Gasteiger partial charge >= 0.3 is 5.82 Å². The number of H-pyrrole nitrogens is 1. The molecule has 140 valence electrons. The molecule has 0 atom stereocenters. The van der Waals surface area contributed by atoms with Gasteiger partial charge in [0.15, 0.2) is 10.7 Å². The fraction of sp³-hybridized carbons (Fsp3) is 0.0556. The smallest absolute Gasteiger partial charge is 0.358 e. The monoisotopic (exact) mass is 413 g/mol. The Morgan fingerprint density at radius 1 is 1.25 bits per heavy atom. The summed E-state index contributed by atoms with van der Waals surface area (Å²) >= 11 is 7.43. The molecule has 4 aromatic rings. The summed E-state index contributed by atoms with van der Waals surface area (Å²) in [6.07, 6.45) is 0. The first-order chi connectivity index (χ1) is 13.4. The Morgan fingerprint density at radius 2 is 2.00 bits per heavy atom. The number of halogens is 1. The highest BCUT2D eigenvalue weighted by Crippen LogP contribution is 2.31. The van der Waals surface area contributed by atoms with Crippen LogP contribution in [0.2, 0.25) is 5.02 Å². The van der Waals surface area contributed by atoms with Gasteiger partial charge in [0.2, 0.25) is 0 Å². The Bertz CT molecular complexity index is 1220. The maximum absolute atomic E-state index is 12.3. The quantitative estimate of drug-likeness (QED) is 0.368. The number of hydrogen-bond acceptors (Lipinski definition) is 6. The maximum atomic E-state index is 12.3. The van der Waals surface area contributed by atoms with Gasteiger partial charge in [0.05, 0.1) is 10.2 Å². The highest BCUT2D eigenvalue weighted by atomic mass is 35.5. The van der Waals surface area contributed by atoms with E-state index in [0.29, 0.717) is 5.69 Å². The van der Waals surface area contributed by atoms with Crippen LogP contribution in [0.5, 0.6) is 0 Å². The predicted molar refractivity (Wildman–Crippen MR) is 108 cm³/mol. The Morgan fingerprint density at radius 3 is 2.68 bits per heavy atom. The van der Waals surface area contributed by atoms with Crippen molar-refractivity contribution in [2.24, 2.45) is 0 Å². The third-order valence-corrected chi connectivity index (χ3v) is 5.45. The Kier molecular flexibility index (Phi) is 4.54. The molecule has 2 heterocycles. The minimum absolute atomic E-state index is 0.237. The van der Waals surface area contributed by atoms with Gasteiger partial charge in [-0.3, -0.25) is 4.79 Å². The first-order valence-corrected chi connectivity index (χ1v) is 9.29. The molecule has 1 amide bonds. The van der Waals surface area contributed by atoms with Crippen LogP contribution in [0.25, 0.3) is 20.8 Å². The number of nitrogens with zero attached hydrogens (tertiary/aromatic N) is 3. The number of carbonyl (C=O) groups is 1. The number of rotatable bonds is 4. The van der Waals surface area contributed by atoms with E-state index in [4.69, 9.17) is 11.6 Å². The van der Waals surface area contributed by atoms with E-state index in [0.717, 1.165) is 20.8 Å². The van der Waals surface area contributed by atoms with Crippen LogP contribution < -0.4 is 5.32 Å². The topological polar surface area (TPSA) is 114 Å². The van der Waals surface area contributed by atoms with E-state index in [1.165, 1.54) is 5.56 Å². The molecule has 2 aromatic heterocycles. The second-order valence-corrected chi connectivity index (χ2v) is 7.42. The number of benzene rings is 2. The zero-order valence-electron chi connectivity index (χ0n) is 14.4. The van der Waals surface area contributed by atoms with E-state index in [9.17, 15) is 14.9 Å². The van der Waals surface area contributed by atoms with E-state index < -0.39 is 16.6 Å². The van der Waals surface area contributed by atoms with E-state index in [1.54, 1.807) is 23.5 Å². The maximum Gasteiger partial charge on any atom is 0.362 e. The third kappa shape index (κ3) is 3.32. The van der Waals surface area contributed by atoms with E-state index in [2.05, 4.69) is 26.6 Å². The molecular formula is C18H12ClN5O3S. The molecule has 2 N–H and O–H groups in total. The average Bonchev–Trinajstić information content (AvgIpc) is 3.25. The summed E-state index contributed by atoms with van der Waals surface area (Å²) in [6.45, 7) is 2.04. The Hall–Kier alpha value is -3.30. The summed E-state index contributed by atoms with van der Waals surface area (Å²) in [7, 11) is 0. The van der Waals surface area contributed by atoms with Crippen LogP contribution in [-0.4, -0.2) is 26.0 Å². The first kappa shape index (κ1) is 18.1. The van der Waals surface area contributed by atoms with Crippen molar-refractivity contribution in [3.8, 4) is 10.6 Å². The molecule has 0 aliphatic rings. The summed E-state index contributed by atoms with van der Waals surface area (Å²) in [5.41, 5.74) is 3.31. The van der Waals surface area contributed by atoms with Gasteiger partial charge in [-0.25, -0.2) is 4.98 Å². The zero-order chi connectivity index (χ0) is 19.8. The number of carbonyl (C=O) groups excluding carboxylic acids is 1. The van der Waals surface area contributed by atoms with Crippen LogP contribution in [0.15, 0.2) is 42.5 Å². The van der Waals surface area contributed by atoms with Gasteiger partial charge in [0.1, 0.15) is 5.01 Å². The fourth-order valence-corrected chi connectivity index (χ4v) is 3.94. The third-order valence-electron chi connectivity index (χ3n) is 4.02. The molecule has 0 spiro atoms. The van der Waals surface area contributed by atoms with E-state index in [-0.39, 0.29) is 10.7 Å². The fourth-order valence-electron chi connectivity index (χ4n) is 2.63. The number of aromatic nitrogens is 3. The molecular weight excluding hydrogens is 402 g/mol. The van der Waals surface area contributed by atoms with Gasteiger partial charge in [0.25, 0.3) is 5.91 Å². The molecule has 8 nitrogen and oxygen atoms in total. The van der Waals surface area contributed by atoms with Gasteiger partial charge in [-0.15, -0.1) is 16.4 Å². The standard InChI is InChI=1S/C18H12ClN5O3S/c1-9-2-7-12-13(8-9)28-18(21-12)10-3-5-11(6-4-10)20-17(25)15-14(19)16(23-22-15)24(26)27/h2-8H,1H3,(H,20,25)(H,22,23). The van der Waals surface area contributed by atoms with Crippen LogP contribution in [0, 0.1) is 17.0 Å². The molecule has 28 heavy (non-hydrogen) atoms. The van der Waals surface area contributed by atoms with E-state index >= 15 is 0 Å². The normalized spacial score (nSPS) is 10.9. The SMILES string of the molecule is Cc1ccc2nc(-c3ccc(NC(=O)c4n[nH]c([N+](=O)[O-])c4Cl)cc3)sc2c1. The highest BCUT2D eigenvalue weighted by Gasteiger charge is 2.25. The number of thiazole rings is 1. The lowest BCUT2D eigenvalue weighted by atomic mass is 10.2.